The summed E-state index contributed by atoms with van der Waals surface area (Å²) in [6.07, 6.45) is 3.24. The van der Waals surface area contributed by atoms with Crippen LogP contribution in [0.1, 0.15) is 11.1 Å². The zero-order chi connectivity index (χ0) is 10.6. The molecule has 0 aromatic carbocycles. The van der Waals surface area contributed by atoms with E-state index in [0.29, 0.717) is 11.1 Å². The topological polar surface area (TPSA) is 99.1 Å². The van der Waals surface area contributed by atoms with E-state index in [1.807, 2.05) is 0 Å². The van der Waals surface area contributed by atoms with Crippen LogP contribution in [0.4, 0.5) is 0 Å². The van der Waals surface area contributed by atoms with Gasteiger partial charge in [0.1, 0.15) is 0 Å². The van der Waals surface area contributed by atoms with Crippen molar-refractivity contribution in [2.45, 2.75) is 12.8 Å². The first-order chi connectivity index (χ1) is 6.59. The van der Waals surface area contributed by atoms with Gasteiger partial charge < -0.3 is 11.5 Å². The molecule has 74 valence electrons. The third-order valence-corrected chi connectivity index (χ3v) is 1.73. The van der Waals surface area contributed by atoms with Crippen molar-refractivity contribution in [3.63, 3.8) is 0 Å². The molecule has 5 heteroatoms. The maximum Gasteiger partial charge on any atom is 0.221 e. The van der Waals surface area contributed by atoms with Gasteiger partial charge in [-0.3, -0.25) is 14.6 Å². The zero-order valence-electron chi connectivity index (χ0n) is 7.56. The number of primary amides is 2. The van der Waals surface area contributed by atoms with Crippen LogP contribution in [0.25, 0.3) is 0 Å². The summed E-state index contributed by atoms with van der Waals surface area (Å²) in [6, 6.07) is 1.66. The molecule has 1 aromatic heterocycles. The van der Waals surface area contributed by atoms with Crippen molar-refractivity contribution in [3.8, 4) is 0 Å². The first-order valence-corrected chi connectivity index (χ1v) is 4.08. The molecule has 2 amide bonds. The smallest absolute Gasteiger partial charge is 0.221 e. The number of nitrogens with zero attached hydrogens (tertiary/aromatic N) is 1. The van der Waals surface area contributed by atoms with Crippen LogP contribution in [0.2, 0.25) is 0 Å². The number of aromatic nitrogens is 1. The zero-order valence-corrected chi connectivity index (χ0v) is 7.56. The molecule has 0 fully saturated rings. The molecule has 0 aliphatic rings. The van der Waals surface area contributed by atoms with Crippen LogP contribution in [-0.4, -0.2) is 16.8 Å². The van der Waals surface area contributed by atoms with Gasteiger partial charge in [0.25, 0.3) is 0 Å². The SMILES string of the molecule is NC(=O)Cc1ccncc1CC(N)=O. The highest BCUT2D eigenvalue weighted by Gasteiger charge is 2.07. The summed E-state index contributed by atoms with van der Waals surface area (Å²) in [7, 11) is 0. The molecule has 0 aliphatic carbocycles. The molecule has 0 atom stereocenters. The Labute approximate surface area is 81.1 Å². The van der Waals surface area contributed by atoms with Gasteiger partial charge in [-0.1, -0.05) is 0 Å². The Bertz CT molecular complexity index is 328. The number of amides is 2. The summed E-state index contributed by atoms with van der Waals surface area (Å²) in [5, 5.41) is 0. The van der Waals surface area contributed by atoms with Gasteiger partial charge >= 0.3 is 0 Å². The third kappa shape index (κ3) is 2.85. The fraction of sp³-hybridized carbons (Fsp3) is 0.222. The van der Waals surface area contributed by atoms with Crippen molar-refractivity contribution in [2.75, 3.05) is 0 Å². The third-order valence-electron chi connectivity index (χ3n) is 1.73. The summed E-state index contributed by atoms with van der Waals surface area (Å²) < 4.78 is 0. The second-order valence-corrected chi connectivity index (χ2v) is 2.93. The minimum absolute atomic E-state index is 0.0798. The summed E-state index contributed by atoms with van der Waals surface area (Å²) in [6.45, 7) is 0. The average Bonchev–Trinajstić information content (AvgIpc) is 2.06. The van der Waals surface area contributed by atoms with E-state index >= 15 is 0 Å². The van der Waals surface area contributed by atoms with Gasteiger partial charge in [-0.15, -0.1) is 0 Å². The maximum atomic E-state index is 10.7. The van der Waals surface area contributed by atoms with Crippen molar-refractivity contribution in [2.24, 2.45) is 11.5 Å². The number of carbonyl (C=O) groups is 2. The van der Waals surface area contributed by atoms with Crippen molar-refractivity contribution >= 4 is 11.8 Å². The fourth-order valence-electron chi connectivity index (χ4n) is 1.16. The average molecular weight is 193 g/mol. The van der Waals surface area contributed by atoms with Crippen LogP contribution in [0.5, 0.6) is 0 Å². The molecular formula is C9H11N3O2. The molecule has 0 saturated heterocycles. The molecule has 1 rings (SSSR count). The summed E-state index contributed by atoms with van der Waals surface area (Å²) in [4.78, 5) is 25.2. The molecule has 0 radical (unpaired) electrons. The van der Waals surface area contributed by atoms with Gasteiger partial charge in [0.15, 0.2) is 0 Å². The number of nitrogens with two attached hydrogens (primary N) is 2. The summed E-state index contributed by atoms with van der Waals surface area (Å²) >= 11 is 0. The number of pyridine rings is 1. The van der Waals surface area contributed by atoms with Crippen molar-refractivity contribution in [1.29, 1.82) is 0 Å². The lowest BCUT2D eigenvalue weighted by Crippen LogP contribution is -2.18. The van der Waals surface area contributed by atoms with Gasteiger partial charge in [-0.25, -0.2) is 0 Å². The number of hydrogen-bond donors (Lipinski definition) is 2. The predicted octanol–water partition coefficient (Wildman–Crippen LogP) is -0.863. The predicted molar refractivity (Wildman–Crippen MR) is 50.0 cm³/mol. The van der Waals surface area contributed by atoms with Crippen molar-refractivity contribution in [3.05, 3.63) is 29.6 Å². The van der Waals surface area contributed by atoms with E-state index in [-0.39, 0.29) is 12.8 Å². The fourth-order valence-corrected chi connectivity index (χ4v) is 1.16. The Hall–Kier alpha value is -1.91. The first-order valence-electron chi connectivity index (χ1n) is 4.08. The molecule has 5 nitrogen and oxygen atoms in total. The standard InChI is InChI=1S/C9H11N3O2/c10-8(13)3-6-1-2-12-5-7(6)4-9(11)14/h1-2,5H,3-4H2,(H2,10,13)(H2,11,14). The second kappa shape index (κ2) is 4.36. The molecule has 4 N–H and O–H groups in total. The lowest BCUT2D eigenvalue weighted by molar-refractivity contribution is -0.118. The van der Waals surface area contributed by atoms with Crippen LogP contribution >= 0.6 is 0 Å². The van der Waals surface area contributed by atoms with Crippen molar-refractivity contribution < 1.29 is 9.59 Å². The Morgan fingerprint density at radius 2 is 1.71 bits per heavy atom. The highest BCUT2D eigenvalue weighted by Crippen LogP contribution is 2.07. The Kier molecular flexibility index (Phi) is 3.17. The second-order valence-electron chi connectivity index (χ2n) is 2.93. The van der Waals surface area contributed by atoms with Gasteiger partial charge in [0.2, 0.25) is 11.8 Å². The summed E-state index contributed by atoms with van der Waals surface area (Å²) in [5.74, 6) is -0.898. The van der Waals surface area contributed by atoms with Crippen LogP contribution < -0.4 is 11.5 Å². The molecule has 0 unspecified atom stereocenters. The number of rotatable bonds is 4. The largest absolute Gasteiger partial charge is 0.369 e. The van der Waals surface area contributed by atoms with Gasteiger partial charge in [-0.05, 0) is 17.2 Å². The lowest BCUT2D eigenvalue weighted by Gasteiger charge is -2.04. The van der Waals surface area contributed by atoms with Crippen LogP contribution in [-0.2, 0) is 22.4 Å². The first kappa shape index (κ1) is 10.2. The maximum absolute atomic E-state index is 10.7. The quantitative estimate of drug-likeness (QED) is 0.650. The van der Waals surface area contributed by atoms with E-state index in [1.54, 1.807) is 12.3 Å². The van der Waals surface area contributed by atoms with Crippen LogP contribution in [0.3, 0.4) is 0 Å². The molecule has 14 heavy (non-hydrogen) atoms. The van der Waals surface area contributed by atoms with Crippen LogP contribution in [0.15, 0.2) is 18.5 Å². The van der Waals surface area contributed by atoms with E-state index < -0.39 is 11.8 Å². The molecule has 0 spiro atoms. The Morgan fingerprint density at radius 3 is 2.29 bits per heavy atom. The normalized spacial score (nSPS) is 9.71. The number of carbonyl (C=O) groups excluding carboxylic acids is 2. The minimum Gasteiger partial charge on any atom is -0.369 e. The monoisotopic (exact) mass is 193 g/mol. The molecule has 1 aromatic rings. The number of hydrogen-bond acceptors (Lipinski definition) is 3. The van der Waals surface area contributed by atoms with E-state index in [1.165, 1.54) is 6.20 Å². The van der Waals surface area contributed by atoms with E-state index in [9.17, 15) is 9.59 Å². The molecule has 1 heterocycles. The van der Waals surface area contributed by atoms with Crippen LogP contribution in [0, 0.1) is 0 Å². The Balaban J connectivity index is 2.90. The molecular weight excluding hydrogens is 182 g/mol. The van der Waals surface area contributed by atoms with E-state index in [2.05, 4.69) is 4.98 Å². The lowest BCUT2D eigenvalue weighted by atomic mass is 10.0. The molecule has 0 aliphatic heterocycles. The van der Waals surface area contributed by atoms with Gasteiger partial charge in [-0.2, -0.15) is 0 Å². The van der Waals surface area contributed by atoms with E-state index in [4.69, 9.17) is 11.5 Å². The minimum atomic E-state index is -0.455. The molecule has 0 saturated carbocycles. The van der Waals surface area contributed by atoms with Crippen molar-refractivity contribution in [1.82, 2.24) is 4.98 Å². The highest BCUT2D eigenvalue weighted by atomic mass is 16.1. The van der Waals surface area contributed by atoms with Gasteiger partial charge in [0, 0.05) is 12.4 Å². The Morgan fingerprint density at radius 1 is 1.14 bits per heavy atom. The molecule has 0 bridgehead atoms. The highest BCUT2D eigenvalue weighted by molar-refractivity contribution is 5.79. The summed E-state index contributed by atoms with van der Waals surface area (Å²) in [5.41, 5.74) is 11.4. The van der Waals surface area contributed by atoms with Gasteiger partial charge in [0.05, 0.1) is 12.8 Å². The van der Waals surface area contributed by atoms with E-state index in [0.717, 1.165) is 0 Å².